The Kier molecular flexibility index (Phi) is 6.74. The molecule has 1 aliphatic heterocycles. The Bertz CT molecular complexity index is 783. The average molecular weight is 382 g/mol. The number of phenols is 1. The van der Waals surface area contributed by atoms with Crippen molar-refractivity contribution in [2.24, 2.45) is 10.9 Å². The Hall–Kier alpha value is -2.33. The number of ether oxygens (including phenoxy) is 2. The minimum Gasteiger partial charge on any atom is -0.507 e. The standard InChI is InChI=1S/C24H31NO3/c1-24(2)16-19(13-15-28-24)22(18-8-10-21(27-3)11-9-18)12-14-25-17-20-6-4-5-7-23(20)26/h4-11,17,19,22,26H,12-16H2,1-3H3/t19-,22+/m1/s1. The predicted octanol–water partition coefficient (Wildman–Crippen LogP) is 5.20. The zero-order valence-corrected chi connectivity index (χ0v) is 17.1. The van der Waals surface area contributed by atoms with E-state index < -0.39 is 0 Å². The highest BCUT2D eigenvalue weighted by molar-refractivity contribution is 5.83. The van der Waals surface area contributed by atoms with E-state index >= 15 is 0 Å². The first kappa shape index (κ1) is 20.4. The lowest BCUT2D eigenvalue weighted by Gasteiger charge is -2.39. The molecule has 0 radical (unpaired) electrons. The maximum Gasteiger partial charge on any atom is 0.124 e. The van der Waals surface area contributed by atoms with Crippen LogP contribution in [-0.2, 0) is 4.74 Å². The van der Waals surface area contributed by atoms with Crippen LogP contribution in [0.25, 0.3) is 0 Å². The summed E-state index contributed by atoms with van der Waals surface area (Å²) in [6.45, 7) is 5.90. The average Bonchev–Trinajstić information content (AvgIpc) is 2.69. The van der Waals surface area contributed by atoms with Gasteiger partial charge in [0.15, 0.2) is 0 Å². The van der Waals surface area contributed by atoms with Crippen LogP contribution in [0.5, 0.6) is 11.5 Å². The van der Waals surface area contributed by atoms with Gasteiger partial charge in [-0.1, -0.05) is 24.3 Å². The third-order valence-corrected chi connectivity index (χ3v) is 5.58. The van der Waals surface area contributed by atoms with Gasteiger partial charge < -0.3 is 14.6 Å². The Labute approximate surface area is 168 Å². The van der Waals surface area contributed by atoms with Gasteiger partial charge in [-0.25, -0.2) is 0 Å². The van der Waals surface area contributed by atoms with Gasteiger partial charge in [-0.05, 0) is 74.8 Å². The molecule has 1 fully saturated rings. The van der Waals surface area contributed by atoms with Crippen LogP contribution in [0, 0.1) is 5.92 Å². The van der Waals surface area contributed by atoms with E-state index in [-0.39, 0.29) is 11.4 Å². The van der Waals surface area contributed by atoms with Gasteiger partial charge in [0, 0.05) is 24.9 Å². The number of nitrogens with zero attached hydrogens (tertiary/aromatic N) is 1. The van der Waals surface area contributed by atoms with Crippen molar-refractivity contribution in [3.8, 4) is 11.5 Å². The topological polar surface area (TPSA) is 51.0 Å². The molecule has 0 aromatic heterocycles. The molecule has 0 saturated carbocycles. The first-order chi connectivity index (χ1) is 13.5. The second-order valence-electron chi connectivity index (χ2n) is 8.12. The molecule has 0 bridgehead atoms. The molecule has 2 atom stereocenters. The van der Waals surface area contributed by atoms with Crippen molar-refractivity contribution in [3.63, 3.8) is 0 Å². The molecule has 1 N–H and O–H groups in total. The lowest BCUT2D eigenvalue weighted by molar-refractivity contribution is -0.0771. The number of rotatable bonds is 7. The Morgan fingerprint density at radius 1 is 1.21 bits per heavy atom. The third kappa shape index (κ3) is 5.35. The zero-order chi connectivity index (χ0) is 20.0. The molecule has 2 aromatic rings. The van der Waals surface area contributed by atoms with Gasteiger partial charge in [0.2, 0.25) is 0 Å². The lowest BCUT2D eigenvalue weighted by Crippen LogP contribution is -2.36. The summed E-state index contributed by atoms with van der Waals surface area (Å²) in [4.78, 5) is 4.59. The van der Waals surface area contributed by atoms with Crippen molar-refractivity contribution < 1.29 is 14.6 Å². The fraction of sp³-hybridized carbons (Fsp3) is 0.458. The second-order valence-corrected chi connectivity index (χ2v) is 8.12. The summed E-state index contributed by atoms with van der Waals surface area (Å²) in [7, 11) is 1.70. The highest BCUT2D eigenvalue weighted by atomic mass is 16.5. The molecule has 3 rings (SSSR count). The van der Waals surface area contributed by atoms with Gasteiger partial charge in [0.05, 0.1) is 12.7 Å². The number of hydrogen-bond donors (Lipinski definition) is 1. The largest absolute Gasteiger partial charge is 0.507 e. The molecule has 150 valence electrons. The smallest absolute Gasteiger partial charge is 0.124 e. The number of hydrogen-bond acceptors (Lipinski definition) is 4. The van der Waals surface area contributed by atoms with Crippen molar-refractivity contribution in [1.29, 1.82) is 0 Å². The van der Waals surface area contributed by atoms with Crippen LogP contribution < -0.4 is 4.74 Å². The summed E-state index contributed by atoms with van der Waals surface area (Å²) in [6, 6.07) is 15.7. The van der Waals surface area contributed by atoms with E-state index in [1.807, 2.05) is 30.3 Å². The zero-order valence-electron chi connectivity index (χ0n) is 17.1. The lowest BCUT2D eigenvalue weighted by atomic mass is 9.75. The normalized spacial score (nSPS) is 20.2. The summed E-state index contributed by atoms with van der Waals surface area (Å²) in [6.07, 6.45) is 4.86. The van der Waals surface area contributed by atoms with Crippen molar-refractivity contribution in [3.05, 3.63) is 59.7 Å². The quantitative estimate of drug-likeness (QED) is 0.671. The molecule has 0 aliphatic carbocycles. The SMILES string of the molecule is COc1ccc([C@H](CCN=Cc2ccccc2O)[C@@H]2CCOC(C)(C)C2)cc1. The highest BCUT2D eigenvalue weighted by Gasteiger charge is 2.33. The Morgan fingerprint density at radius 2 is 1.96 bits per heavy atom. The van der Waals surface area contributed by atoms with Crippen molar-refractivity contribution >= 4 is 6.21 Å². The number of methoxy groups -OCH3 is 1. The molecule has 4 heteroatoms. The van der Waals surface area contributed by atoms with E-state index in [1.54, 1.807) is 19.4 Å². The maximum atomic E-state index is 9.89. The molecule has 1 aliphatic rings. The van der Waals surface area contributed by atoms with Crippen LogP contribution in [0.3, 0.4) is 0 Å². The summed E-state index contributed by atoms with van der Waals surface area (Å²) >= 11 is 0. The number of aromatic hydroxyl groups is 1. The van der Waals surface area contributed by atoms with E-state index in [4.69, 9.17) is 9.47 Å². The van der Waals surface area contributed by atoms with E-state index in [2.05, 4.69) is 31.0 Å². The van der Waals surface area contributed by atoms with Gasteiger partial charge in [-0.15, -0.1) is 0 Å². The number of aliphatic imine (C=N–C) groups is 1. The minimum absolute atomic E-state index is 0.0767. The van der Waals surface area contributed by atoms with Gasteiger partial charge in [0.1, 0.15) is 11.5 Å². The molecule has 0 unspecified atom stereocenters. The molecule has 1 heterocycles. The molecular formula is C24H31NO3. The molecule has 2 aromatic carbocycles. The molecule has 0 amide bonds. The molecule has 0 spiro atoms. The van der Waals surface area contributed by atoms with Gasteiger partial charge in [0.25, 0.3) is 0 Å². The maximum absolute atomic E-state index is 9.89. The van der Waals surface area contributed by atoms with E-state index in [9.17, 15) is 5.11 Å². The summed E-state index contributed by atoms with van der Waals surface area (Å²) in [5, 5.41) is 9.89. The Morgan fingerprint density at radius 3 is 2.64 bits per heavy atom. The van der Waals surface area contributed by atoms with Crippen LogP contribution in [0.1, 0.15) is 50.2 Å². The van der Waals surface area contributed by atoms with E-state index in [1.165, 1.54) is 5.56 Å². The molecule has 1 saturated heterocycles. The van der Waals surface area contributed by atoms with Gasteiger partial charge in [-0.3, -0.25) is 4.99 Å². The van der Waals surface area contributed by atoms with Crippen LogP contribution in [0.2, 0.25) is 0 Å². The molecule has 28 heavy (non-hydrogen) atoms. The molecule has 4 nitrogen and oxygen atoms in total. The molecular weight excluding hydrogens is 350 g/mol. The first-order valence-electron chi connectivity index (χ1n) is 10.0. The first-order valence-corrected chi connectivity index (χ1v) is 10.0. The fourth-order valence-corrected chi connectivity index (χ4v) is 4.12. The van der Waals surface area contributed by atoms with Crippen LogP contribution >= 0.6 is 0 Å². The van der Waals surface area contributed by atoms with Crippen molar-refractivity contribution in [2.45, 2.75) is 44.6 Å². The van der Waals surface area contributed by atoms with E-state index in [0.29, 0.717) is 11.8 Å². The minimum atomic E-state index is -0.0767. The third-order valence-electron chi connectivity index (χ3n) is 5.58. The van der Waals surface area contributed by atoms with Gasteiger partial charge >= 0.3 is 0 Å². The highest BCUT2D eigenvalue weighted by Crippen LogP contribution is 2.40. The Balaban J connectivity index is 1.73. The number of benzene rings is 2. The fourth-order valence-electron chi connectivity index (χ4n) is 4.12. The summed E-state index contributed by atoms with van der Waals surface area (Å²) in [5.41, 5.74) is 2.02. The second kappa shape index (κ2) is 9.24. The number of para-hydroxylation sites is 1. The monoisotopic (exact) mass is 381 g/mol. The van der Waals surface area contributed by atoms with Crippen LogP contribution in [0.15, 0.2) is 53.5 Å². The predicted molar refractivity (Wildman–Crippen MR) is 114 cm³/mol. The van der Waals surface area contributed by atoms with Crippen molar-refractivity contribution in [1.82, 2.24) is 0 Å². The van der Waals surface area contributed by atoms with E-state index in [0.717, 1.165) is 43.7 Å². The van der Waals surface area contributed by atoms with Crippen molar-refractivity contribution in [2.75, 3.05) is 20.3 Å². The number of phenolic OH excluding ortho intramolecular Hbond substituents is 1. The van der Waals surface area contributed by atoms with Gasteiger partial charge in [-0.2, -0.15) is 0 Å². The summed E-state index contributed by atoms with van der Waals surface area (Å²) in [5.74, 6) is 2.14. The summed E-state index contributed by atoms with van der Waals surface area (Å²) < 4.78 is 11.3. The van der Waals surface area contributed by atoms with Crippen LogP contribution in [-0.4, -0.2) is 37.2 Å². The van der Waals surface area contributed by atoms with Crippen LogP contribution in [0.4, 0.5) is 0 Å².